The van der Waals surface area contributed by atoms with Gasteiger partial charge < -0.3 is 42.3 Å². The molecule has 1 aromatic carbocycles. The first kappa shape index (κ1) is 37.8. The molecule has 1 aromatic heterocycles. The number of nitrogen functional groups attached to an aromatic ring is 1. The van der Waals surface area contributed by atoms with Gasteiger partial charge in [-0.1, -0.05) is 5.16 Å². The molecule has 278 valence electrons. The number of aliphatic imine (C=N–C) groups is 1. The molecule has 10 N–H and O–H groups in total. The Morgan fingerprint density at radius 1 is 1.25 bits per heavy atom. The Morgan fingerprint density at radius 3 is 2.51 bits per heavy atom. The molecule has 0 radical (unpaired) electrons. The monoisotopic (exact) mass is 752 g/mol. The number of nitrogens with zero attached hydrogens (tertiary/aromatic N) is 4. The van der Waals surface area contributed by atoms with Crippen LogP contribution in [-0.4, -0.2) is 104 Å². The number of β-lactam (4-membered cyclic amide) rings is 1. The average Bonchev–Trinajstić information content (AvgIpc) is 3.51. The third kappa shape index (κ3) is 7.92. The molecular weight excluding hydrogens is 713 g/mol. The number of anilines is 1. The lowest BCUT2D eigenvalue weighted by atomic mass is 9.81. The second kappa shape index (κ2) is 14.0. The Labute approximate surface area is 296 Å². The van der Waals surface area contributed by atoms with E-state index in [0.717, 1.165) is 16.9 Å². The highest BCUT2D eigenvalue weighted by Gasteiger charge is 2.58. The number of rotatable bonds is 12. The van der Waals surface area contributed by atoms with Gasteiger partial charge in [-0.25, -0.2) is 9.78 Å². The van der Waals surface area contributed by atoms with Crippen LogP contribution in [0, 0.1) is 0 Å². The van der Waals surface area contributed by atoms with Crippen molar-refractivity contribution in [3.63, 3.8) is 0 Å². The summed E-state index contributed by atoms with van der Waals surface area (Å²) >= 11 is 0.957. The zero-order chi connectivity index (χ0) is 37.5. The zero-order valence-electron chi connectivity index (χ0n) is 27.9. The summed E-state index contributed by atoms with van der Waals surface area (Å²) in [5, 5.41) is 27.9. The number of aliphatic hydroxyl groups excluding tert-OH is 1. The number of amidine groups is 1. The van der Waals surface area contributed by atoms with Crippen LogP contribution in [0.1, 0.15) is 69.7 Å². The Hall–Kier alpha value is -4.41. The van der Waals surface area contributed by atoms with E-state index in [0.29, 0.717) is 54.3 Å². The van der Waals surface area contributed by atoms with E-state index in [1.54, 1.807) is 12.1 Å². The predicted molar refractivity (Wildman–Crippen MR) is 182 cm³/mol. The van der Waals surface area contributed by atoms with E-state index in [1.807, 2.05) is 6.07 Å². The summed E-state index contributed by atoms with van der Waals surface area (Å²) < 4.78 is 41.8. The van der Waals surface area contributed by atoms with Gasteiger partial charge in [0.25, 0.3) is 17.4 Å². The molecule has 1 saturated carbocycles. The number of nitrogens with one attached hydrogen (secondary N) is 1. The van der Waals surface area contributed by atoms with Crippen molar-refractivity contribution in [3.05, 3.63) is 40.4 Å². The molecular formula is C30H40N8O11S2. The van der Waals surface area contributed by atoms with Crippen molar-refractivity contribution < 1.29 is 51.4 Å². The first-order valence-corrected chi connectivity index (χ1v) is 18.1. The molecule has 3 atom stereocenters. The van der Waals surface area contributed by atoms with Crippen molar-refractivity contribution in [2.24, 2.45) is 21.6 Å². The number of aliphatic hydroxyl groups is 1. The number of nitrogens with two attached hydrogens (primary N) is 3. The first-order valence-electron chi connectivity index (χ1n) is 15.8. The van der Waals surface area contributed by atoms with E-state index < -0.39 is 62.7 Å². The summed E-state index contributed by atoms with van der Waals surface area (Å²) in [7, 11) is -5.04. The van der Waals surface area contributed by atoms with Crippen molar-refractivity contribution in [2.75, 3.05) is 12.3 Å². The number of thiazole rings is 1. The van der Waals surface area contributed by atoms with Crippen LogP contribution in [0.5, 0.6) is 5.75 Å². The molecule has 2 aromatic rings. The Morgan fingerprint density at radius 2 is 1.94 bits per heavy atom. The van der Waals surface area contributed by atoms with Gasteiger partial charge in [0.1, 0.15) is 23.3 Å². The number of amides is 2. The first-order chi connectivity index (χ1) is 23.8. The van der Waals surface area contributed by atoms with E-state index in [-0.39, 0.29) is 29.9 Å². The standard InChI is InChI=1S/C30H40N8O11S2/c1-28(2)22(25(41)38(28)49-51(44,45)46)36-24(40)21(18-13-50-27(32)35-18)37-48-29(3,26(42)43)20-7-5-15-12-16(4-6-19(15)47-20)23(31)34-17-8-10-30(33,14-39)11-9-17/h4,6,12-13,17,20,22,39H,5,7-11,14,33H2,1-3H3,(H2,31,34)(H2,32,35)(H,36,40)(H,42,43)(H,44,45,46)/b37-21-/t17?,20-,22-,29+,30?/m1/s1. The molecule has 0 unspecified atom stereocenters. The van der Waals surface area contributed by atoms with Crippen molar-refractivity contribution in [1.29, 1.82) is 0 Å². The number of ether oxygens (including phenoxy) is 1. The number of benzene rings is 1. The fraction of sp³-hybridized carbons (Fsp3) is 0.533. The van der Waals surface area contributed by atoms with Gasteiger partial charge in [0.15, 0.2) is 16.9 Å². The lowest BCUT2D eigenvalue weighted by Crippen LogP contribution is -2.76. The van der Waals surface area contributed by atoms with Crippen LogP contribution >= 0.6 is 11.3 Å². The minimum absolute atomic E-state index is 0.0268. The van der Waals surface area contributed by atoms with Gasteiger partial charge in [0.05, 0.1) is 18.2 Å². The van der Waals surface area contributed by atoms with Gasteiger partial charge in [0.2, 0.25) is 0 Å². The topological polar surface area (TPSA) is 305 Å². The lowest BCUT2D eigenvalue weighted by molar-refractivity contribution is -0.218. The van der Waals surface area contributed by atoms with Crippen LogP contribution in [0.4, 0.5) is 5.13 Å². The molecule has 51 heavy (non-hydrogen) atoms. The van der Waals surface area contributed by atoms with Gasteiger partial charge in [-0.2, -0.15) is 13.5 Å². The Kier molecular flexibility index (Phi) is 10.4. The third-order valence-electron chi connectivity index (χ3n) is 9.36. The van der Waals surface area contributed by atoms with Gasteiger partial charge in [-0.15, -0.1) is 15.6 Å². The molecule has 0 spiro atoms. The minimum Gasteiger partial charge on any atom is -0.485 e. The number of aromatic nitrogens is 1. The van der Waals surface area contributed by atoms with E-state index >= 15 is 0 Å². The minimum atomic E-state index is -5.04. The molecule has 21 heteroatoms. The molecule has 1 aliphatic carbocycles. The molecule has 5 rings (SSSR count). The third-order valence-corrected chi connectivity index (χ3v) is 10.4. The molecule has 3 heterocycles. The summed E-state index contributed by atoms with van der Waals surface area (Å²) in [6.45, 7) is 3.88. The second-order valence-electron chi connectivity index (χ2n) is 13.4. The number of hydrogen-bond acceptors (Lipinski definition) is 15. The summed E-state index contributed by atoms with van der Waals surface area (Å²) in [6.07, 6.45) is 2.13. The summed E-state index contributed by atoms with van der Waals surface area (Å²) in [5.74, 6) is -2.75. The van der Waals surface area contributed by atoms with Crippen LogP contribution in [0.25, 0.3) is 0 Å². The second-order valence-corrected chi connectivity index (χ2v) is 15.3. The molecule has 19 nitrogen and oxygen atoms in total. The molecule has 0 bridgehead atoms. The number of oxime groups is 1. The van der Waals surface area contributed by atoms with E-state index in [2.05, 4.69) is 24.7 Å². The van der Waals surface area contributed by atoms with Gasteiger partial charge >= 0.3 is 16.4 Å². The molecule has 2 fully saturated rings. The molecule has 2 amide bonds. The number of carbonyl (C=O) groups excluding carboxylic acids is 2. The fourth-order valence-electron chi connectivity index (χ4n) is 6.07. The maximum absolute atomic E-state index is 13.5. The largest absolute Gasteiger partial charge is 0.485 e. The average molecular weight is 753 g/mol. The number of fused-ring (bicyclic) bond motifs is 1. The maximum Gasteiger partial charge on any atom is 0.418 e. The highest BCUT2D eigenvalue weighted by Crippen LogP contribution is 2.36. The van der Waals surface area contributed by atoms with Crippen LogP contribution < -0.4 is 27.3 Å². The molecule has 3 aliphatic rings. The van der Waals surface area contributed by atoms with E-state index in [1.165, 1.54) is 26.2 Å². The number of carboxylic acids is 1. The van der Waals surface area contributed by atoms with Crippen LogP contribution in [0.3, 0.4) is 0 Å². The Bertz CT molecular complexity index is 1870. The number of hydrogen-bond donors (Lipinski definition) is 7. The van der Waals surface area contributed by atoms with Crippen molar-refractivity contribution >= 4 is 56.2 Å². The smallest absolute Gasteiger partial charge is 0.418 e. The fourth-order valence-corrected chi connectivity index (χ4v) is 7.07. The van der Waals surface area contributed by atoms with E-state index in [4.69, 9.17) is 31.3 Å². The Balaban J connectivity index is 1.32. The molecule has 2 aliphatic heterocycles. The van der Waals surface area contributed by atoms with Crippen molar-refractivity contribution in [1.82, 2.24) is 15.4 Å². The van der Waals surface area contributed by atoms with Crippen LogP contribution in [0.15, 0.2) is 33.7 Å². The number of carboxylic acid groups (broad SMARTS) is 1. The van der Waals surface area contributed by atoms with Crippen molar-refractivity contribution in [3.8, 4) is 5.75 Å². The highest BCUT2D eigenvalue weighted by atomic mass is 32.3. The quantitative estimate of drug-likeness (QED) is 0.0488. The van der Waals surface area contributed by atoms with Gasteiger partial charge in [-0.3, -0.25) is 19.1 Å². The SMILES string of the molecule is CC1(C)[C@H](NC(=O)/C(=N\O[C@](C)(C(=O)O)[C@H]2CCc3cc(C(N)=NC4CCC(N)(CO)CC4)ccc3O2)c2csc(N)n2)C(=O)N1OS(=O)(=O)O. The predicted octanol–water partition coefficient (Wildman–Crippen LogP) is -0.139. The summed E-state index contributed by atoms with van der Waals surface area (Å²) in [6, 6.07) is 3.82. The van der Waals surface area contributed by atoms with Gasteiger partial charge in [0, 0.05) is 16.5 Å². The van der Waals surface area contributed by atoms with Gasteiger partial charge in [-0.05, 0) is 83.1 Å². The maximum atomic E-state index is 13.5. The normalized spacial score (nSPS) is 26.3. The van der Waals surface area contributed by atoms with Crippen LogP contribution in [0.2, 0.25) is 0 Å². The lowest BCUT2D eigenvalue weighted by Gasteiger charge is -2.50. The zero-order valence-corrected chi connectivity index (χ0v) is 29.6. The van der Waals surface area contributed by atoms with Crippen LogP contribution in [-0.2, 0) is 40.3 Å². The summed E-state index contributed by atoms with van der Waals surface area (Å²) in [4.78, 5) is 53.1. The molecule has 1 saturated heterocycles. The highest BCUT2D eigenvalue weighted by molar-refractivity contribution is 7.80. The number of hydroxylamine groups is 2. The number of carbonyl (C=O) groups is 3. The van der Waals surface area contributed by atoms with E-state index in [9.17, 15) is 33.0 Å². The number of aryl methyl sites for hydroxylation is 1. The number of aliphatic carboxylic acids is 1. The van der Waals surface area contributed by atoms with Crippen molar-refractivity contribution in [2.45, 2.75) is 94.2 Å². The summed E-state index contributed by atoms with van der Waals surface area (Å²) in [5.41, 5.74) is 14.9.